The molecule has 1 N–H and O–H groups in total. The fraction of sp³-hybridized carbons (Fsp3) is 0.316. The summed E-state index contributed by atoms with van der Waals surface area (Å²) in [5.74, 6) is 5.77. The van der Waals surface area contributed by atoms with Crippen molar-refractivity contribution in [2.24, 2.45) is 15.9 Å². The third-order valence-electron chi connectivity index (χ3n) is 4.73. The molecule has 0 saturated heterocycles. The van der Waals surface area contributed by atoms with Gasteiger partial charge in [0.1, 0.15) is 12.2 Å². The van der Waals surface area contributed by atoms with Crippen molar-refractivity contribution in [2.75, 3.05) is 18.0 Å². The number of carbonyl (C=O) groups excluding carboxylic acids is 1. The van der Waals surface area contributed by atoms with E-state index in [-0.39, 0.29) is 17.9 Å². The van der Waals surface area contributed by atoms with Crippen molar-refractivity contribution in [1.29, 1.82) is 0 Å². The molecule has 1 amide bonds. The molecular weight excluding hydrogens is 350 g/mol. The standard InChI is InChI=1S/C19H18ClN5O/c1-2-3-18(26)23-24-8-7-16-15(11-24)19(22-12-21-16)25-9-6-13-4-5-14(20)10-17(13)25/h4-5,7-8,10,12,15-16H,6,9,11H2,1H3,(H,23,26). The van der Waals surface area contributed by atoms with Gasteiger partial charge in [0, 0.05) is 23.5 Å². The smallest absolute Gasteiger partial charge is 0.314 e. The van der Waals surface area contributed by atoms with Gasteiger partial charge in [0.25, 0.3) is 0 Å². The Morgan fingerprint density at radius 2 is 2.31 bits per heavy atom. The van der Waals surface area contributed by atoms with Crippen LogP contribution in [-0.2, 0) is 11.2 Å². The van der Waals surface area contributed by atoms with Gasteiger partial charge >= 0.3 is 5.91 Å². The highest BCUT2D eigenvalue weighted by molar-refractivity contribution is 6.31. The Labute approximate surface area is 157 Å². The van der Waals surface area contributed by atoms with Crippen LogP contribution in [0.1, 0.15) is 12.5 Å². The number of hydrazine groups is 1. The van der Waals surface area contributed by atoms with E-state index in [2.05, 4.69) is 38.2 Å². The fourth-order valence-electron chi connectivity index (χ4n) is 3.58. The lowest BCUT2D eigenvalue weighted by molar-refractivity contribution is -0.119. The predicted molar refractivity (Wildman–Crippen MR) is 103 cm³/mol. The SMILES string of the molecule is CC#CC(=O)NN1C=CC2N=CN=C(N3CCc4ccc(Cl)cc43)C2C1. The number of hydrogen-bond donors (Lipinski definition) is 1. The molecule has 132 valence electrons. The van der Waals surface area contributed by atoms with E-state index in [1.165, 1.54) is 5.56 Å². The fourth-order valence-corrected chi connectivity index (χ4v) is 3.74. The molecule has 2 atom stereocenters. The summed E-state index contributed by atoms with van der Waals surface area (Å²) in [6, 6.07) is 5.99. The van der Waals surface area contributed by atoms with Crippen molar-refractivity contribution < 1.29 is 4.79 Å². The van der Waals surface area contributed by atoms with Gasteiger partial charge in [-0.1, -0.05) is 23.6 Å². The van der Waals surface area contributed by atoms with E-state index in [0.717, 1.165) is 24.5 Å². The van der Waals surface area contributed by atoms with Gasteiger partial charge in [-0.15, -0.1) is 0 Å². The highest BCUT2D eigenvalue weighted by Gasteiger charge is 2.36. The number of amides is 1. The normalized spacial score (nSPS) is 22.9. The second kappa shape index (κ2) is 6.85. The largest absolute Gasteiger partial charge is 0.329 e. The molecule has 0 radical (unpaired) electrons. The van der Waals surface area contributed by atoms with Crippen molar-refractivity contribution in [2.45, 2.75) is 19.4 Å². The molecule has 0 aromatic heterocycles. The molecule has 1 aromatic carbocycles. The average molecular weight is 368 g/mol. The second-order valence-corrected chi connectivity index (χ2v) is 6.77. The van der Waals surface area contributed by atoms with E-state index in [9.17, 15) is 4.79 Å². The number of halogens is 1. The lowest BCUT2D eigenvalue weighted by atomic mass is 9.94. The van der Waals surface area contributed by atoms with Gasteiger partial charge in [0.2, 0.25) is 0 Å². The van der Waals surface area contributed by atoms with Crippen LogP contribution in [-0.4, -0.2) is 42.2 Å². The summed E-state index contributed by atoms with van der Waals surface area (Å²) in [6.07, 6.45) is 6.40. The Kier molecular flexibility index (Phi) is 4.39. The molecule has 3 heterocycles. The highest BCUT2D eigenvalue weighted by Crippen LogP contribution is 2.34. The molecule has 26 heavy (non-hydrogen) atoms. The molecular formula is C19H18ClN5O. The number of rotatable bonds is 1. The van der Waals surface area contributed by atoms with Crippen molar-refractivity contribution in [3.05, 3.63) is 41.1 Å². The summed E-state index contributed by atoms with van der Waals surface area (Å²) in [7, 11) is 0. The predicted octanol–water partition coefficient (Wildman–Crippen LogP) is 2.01. The summed E-state index contributed by atoms with van der Waals surface area (Å²) < 4.78 is 0. The first-order valence-electron chi connectivity index (χ1n) is 8.49. The third-order valence-corrected chi connectivity index (χ3v) is 4.97. The number of fused-ring (bicyclic) bond motifs is 2. The van der Waals surface area contributed by atoms with Crippen LogP contribution in [0.25, 0.3) is 0 Å². The van der Waals surface area contributed by atoms with Crippen molar-refractivity contribution in [1.82, 2.24) is 10.4 Å². The van der Waals surface area contributed by atoms with Crippen LogP contribution in [0.2, 0.25) is 5.02 Å². The maximum absolute atomic E-state index is 11.8. The second-order valence-electron chi connectivity index (χ2n) is 6.33. The first-order chi connectivity index (χ1) is 12.7. The number of anilines is 1. The minimum Gasteiger partial charge on any atom is -0.329 e. The number of nitrogens with one attached hydrogen (secondary N) is 1. The van der Waals surface area contributed by atoms with Crippen LogP contribution in [0, 0.1) is 17.8 Å². The zero-order valence-electron chi connectivity index (χ0n) is 14.3. The molecule has 4 rings (SSSR count). The van der Waals surface area contributed by atoms with Gasteiger partial charge in [-0.3, -0.25) is 20.2 Å². The van der Waals surface area contributed by atoms with E-state index < -0.39 is 0 Å². The molecule has 3 aliphatic rings. The molecule has 3 aliphatic heterocycles. The Morgan fingerprint density at radius 3 is 3.15 bits per heavy atom. The lowest BCUT2D eigenvalue weighted by Gasteiger charge is -2.37. The number of carbonyl (C=O) groups is 1. The number of nitrogens with zero attached hydrogens (tertiary/aromatic N) is 4. The molecule has 0 saturated carbocycles. The Morgan fingerprint density at radius 1 is 1.42 bits per heavy atom. The lowest BCUT2D eigenvalue weighted by Crippen LogP contribution is -2.51. The van der Waals surface area contributed by atoms with Crippen LogP contribution in [0.5, 0.6) is 0 Å². The minimum atomic E-state index is -0.327. The Hall–Kier alpha value is -2.78. The monoisotopic (exact) mass is 367 g/mol. The molecule has 6 nitrogen and oxygen atoms in total. The van der Waals surface area contributed by atoms with E-state index >= 15 is 0 Å². The van der Waals surface area contributed by atoms with Crippen LogP contribution < -0.4 is 10.3 Å². The summed E-state index contributed by atoms with van der Waals surface area (Å²) >= 11 is 6.20. The van der Waals surface area contributed by atoms with E-state index in [4.69, 9.17) is 11.6 Å². The number of amidine groups is 1. The number of hydrogen-bond acceptors (Lipinski definition) is 5. The number of aliphatic imine (C=N–C) groups is 2. The van der Waals surface area contributed by atoms with E-state index in [1.807, 2.05) is 24.4 Å². The van der Waals surface area contributed by atoms with Crippen LogP contribution >= 0.6 is 11.6 Å². The maximum Gasteiger partial charge on any atom is 0.314 e. The average Bonchev–Trinajstić information content (AvgIpc) is 3.04. The van der Waals surface area contributed by atoms with Crippen LogP contribution in [0.3, 0.4) is 0 Å². The first kappa shape index (κ1) is 16.7. The maximum atomic E-state index is 11.8. The van der Waals surface area contributed by atoms with Crippen molar-refractivity contribution in [3.63, 3.8) is 0 Å². The first-order valence-corrected chi connectivity index (χ1v) is 8.87. The van der Waals surface area contributed by atoms with E-state index in [1.54, 1.807) is 18.3 Å². The molecule has 0 fully saturated rings. The van der Waals surface area contributed by atoms with Gasteiger partial charge < -0.3 is 4.90 Å². The number of benzene rings is 1. The molecule has 2 unspecified atom stereocenters. The Bertz CT molecular complexity index is 895. The van der Waals surface area contributed by atoms with Gasteiger partial charge in [0.05, 0.1) is 18.5 Å². The van der Waals surface area contributed by atoms with Crippen LogP contribution in [0.4, 0.5) is 5.69 Å². The van der Waals surface area contributed by atoms with Gasteiger partial charge in [-0.25, -0.2) is 4.99 Å². The zero-order chi connectivity index (χ0) is 18.1. The molecule has 7 heteroatoms. The van der Waals surface area contributed by atoms with Gasteiger partial charge in [-0.2, -0.15) is 0 Å². The molecule has 0 aliphatic carbocycles. The molecule has 0 bridgehead atoms. The molecule has 0 spiro atoms. The topological polar surface area (TPSA) is 60.3 Å². The van der Waals surface area contributed by atoms with Gasteiger partial charge in [0.15, 0.2) is 0 Å². The zero-order valence-corrected chi connectivity index (χ0v) is 15.1. The summed E-state index contributed by atoms with van der Waals surface area (Å²) in [6.45, 7) is 3.09. The third kappa shape index (κ3) is 3.06. The minimum absolute atomic E-state index is 0.0103. The van der Waals surface area contributed by atoms with Crippen LogP contribution in [0.15, 0.2) is 40.5 Å². The summed E-state index contributed by atoms with van der Waals surface area (Å²) in [4.78, 5) is 23.0. The van der Waals surface area contributed by atoms with Crippen molar-refractivity contribution in [3.8, 4) is 11.8 Å². The Balaban J connectivity index is 1.59. The summed E-state index contributed by atoms with van der Waals surface area (Å²) in [5.41, 5.74) is 5.15. The summed E-state index contributed by atoms with van der Waals surface area (Å²) in [5, 5.41) is 2.46. The van der Waals surface area contributed by atoms with Gasteiger partial charge in [-0.05, 0) is 43.0 Å². The quantitative estimate of drug-likeness (QED) is 0.772. The van der Waals surface area contributed by atoms with Crippen molar-refractivity contribution >= 4 is 35.4 Å². The van der Waals surface area contributed by atoms with E-state index in [0.29, 0.717) is 11.6 Å². The highest BCUT2D eigenvalue weighted by atomic mass is 35.5. The molecule has 1 aromatic rings.